The van der Waals surface area contributed by atoms with Gasteiger partial charge in [0.2, 0.25) is 0 Å². The van der Waals surface area contributed by atoms with E-state index in [1.54, 1.807) is 0 Å². The second kappa shape index (κ2) is 5.85. The van der Waals surface area contributed by atoms with Crippen molar-refractivity contribution in [2.24, 2.45) is 0 Å². The number of rotatable bonds is 3. The highest BCUT2D eigenvalue weighted by molar-refractivity contribution is 6.31. The Balaban J connectivity index is 2.35. The highest BCUT2D eigenvalue weighted by Gasteiger charge is 2.21. The van der Waals surface area contributed by atoms with Crippen LogP contribution in [0.4, 0.5) is 13.2 Å². The van der Waals surface area contributed by atoms with Gasteiger partial charge in [0.05, 0.1) is 11.7 Å². The molecule has 2 aromatic carbocycles. The van der Waals surface area contributed by atoms with E-state index < -0.39 is 29.1 Å². The molecule has 106 valence electrons. The van der Waals surface area contributed by atoms with Crippen molar-refractivity contribution in [1.29, 1.82) is 0 Å². The summed E-state index contributed by atoms with van der Waals surface area (Å²) in [4.78, 5) is 0. The van der Waals surface area contributed by atoms with E-state index in [1.807, 2.05) is 0 Å². The topological polar surface area (TPSA) is 20.2 Å². The number of benzene rings is 2. The van der Waals surface area contributed by atoms with Crippen LogP contribution in [0.15, 0.2) is 30.3 Å². The van der Waals surface area contributed by atoms with Gasteiger partial charge in [-0.25, -0.2) is 13.2 Å². The first-order chi connectivity index (χ1) is 9.40. The maximum Gasteiger partial charge on any atom is 0.134 e. The molecule has 20 heavy (non-hydrogen) atoms. The van der Waals surface area contributed by atoms with Gasteiger partial charge in [0.15, 0.2) is 0 Å². The molecule has 0 aromatic heterocycles. The summed E-state index contributed by atoms with van der Waals surface area (Å²) < 4.78 is 40.7. The summed E-state index contributed by atoms with van der Waals surface area (Å²) in [6, 6.07) is 6.02. The first-order valence-electron chi connectivity index (χ1n) is 5.96. The SMILES string of the molecule is Cc1ccc(F)c(C(O)Cc2cc(F)ccc2Cl)c1F. The van der Waals surface area contributed by atoms with Gasteiger partial charge >= 0.3 is 0 Å². The predicted octanol–water partition coefficient (Wildman–Crippen LogP) is 4.34. The molecule has 1 atom stereocenters. The summed E-state index contributed by atoms with van der Waals surface area (Å²) in [6.45, 7) is 1.47. The number of hydrogen-bond donors (Lipinski definition) is 1. The van der Waals surface area contributed by atoms with Crippen LogP contribution in [0, 0.1) is 24.4 Å². The summed E-state index contributed by atoms with van der Waals surface area (Å²) in [6.07, 6.45) is -1.61. The molecule has 0 fully saturated rings. The van der Waals surface area contributed by atoms with Crippen LogP contribution in [-0.4, -0.2) is 5.11 Å². The Kier molecular flexibility index (Phi) is 4.35. The fourth-order valence-corrected chi connectivity index (χ4v) is 2.19. The number of aliphatic hydroxyl groups excluding tert-OH is 1. The molecule has 0 aliphatic carbocycles. The lowest BCUT2D eigenvalue weighted by molar-refractivity contribution is 0.168. The lowest BCUT2D eigenvalue weighted by Crippen LogP contribution is -2.09. The predicted molar refractivity (Wildman–Crippen MR) is 71.2 cm³/mol. The van der Waals surface area contributed by atoms with Gasteiger partial charge in [-0.15, -0.1) is 0 Å². The van der Waals surface area contributed by atoms with Crippen LogP contribution in [0.3, 0.4) is 0 Å². The second-order valence-electron chi connectivity index (χ2n) is 4.55. The van der Waals surface area contributed by atoms with Crippen molar-refractivity contribution in [2.45, 2.75) is 19.4 Å². The largest absolute Gasteiger partial charge is 0.388 e. The maximum atomic E-state index is 13.9. The summed E-state index contributed by atoms with van der Waals surface area (Å²) in [5.74, 6) is -2.17. The summed E-state index contributed by atoms with van der Waals surface area (Å²) in [5, 5.41) is 10.2. The van der Waals surface area contributed by atoms with Crippen molar-refractivity contribution in [3.8, 4) is 0 Å². The highest BCUT2D eigenvalue weighted by atomic mass is 35.5. The molecule has 5 heteroatoms. The highest BCUT2D eigenvalue weighted by Crippen LogP contribution is 2.28. The van der Waals surface area contributed by atoms with Crippen molar-refractivity contribution >= 4 is 11.6 Å². The second-order valence-corrected chi connectivity index (χ2v) is 4.95. The average Bonchev–Trinajstić information content (AvgIpc) is 2.39. The first-order valence-corrected chi connectivity index (χ1v) is 6.34. The molecule has 0 aliphatic rings. The fraction of sp³-hybridized carbons (Fsp3) is 0.200. The molecule has 2 rings (SSSR count). The van der Waals surface area contributed by atoms with Gasteiger partial charge in [-0.3, -0.25) is 0 Å². The molecule has 0 amide bonds. The van der Waals surface area contributed by atoms with Gasteiger partial charge < -0.3 is 5.11 Å². The van der Waals surface area contributed by atoms with E-state index >= 15 is 0 Å². The quantitative estimate of drug-likeness (QED) is 0.894. The third kappa shape index (κ3) is 2.97. The number of aliphatic hydroxyl groups is 1. The minimum Gasteiger partial charge on any atom is -0.388 e. The molecule has 1 unspecified atom stereocenters. The van der Waals surface area contributed by atoms with E-state index in [4.69, 9.17) is 11.6 Å². The van der Waals surface area contributed by atoms with Crippen LogP contribution >= 0.6 is 11.6 Å². The van der Waals surface area contributed by atoms with Gasteiger partial charge in [-0.1, -0.05) is 17.7 Å². The molecule has 1 N–H and O–H groups in total. The Morgan fingerprint density at radius 3 is 2.55 bits per heavy atom. The molecule has 0 bridgehead atoms. The van der Waals surface area contributed by atoms with E-state index in [-0.39, 0.29) is 17.0 Å². The Hall–Kier alpha value is -1.52. The molecular formula is C15H12ClF3O. The Morgan fingerprint density at radius 1 is 1.15 bits per heavy atom. The lowest BCUT2D eigenvalue weighted by atomic mass is 9.98. The normalized spacial score (nSPS) is 12.5. The molecular weight excluding hydrogens is 289 g/mol. The number of halogens is 4. The van der Waals surface area contributed by atoms with Crippen molar-refractivity contribution in [3.05, 3.63) is 69.5 Å². The van der Waals surface area contributed by atoms with Crippen molar-refractivity contribution in [2.75, 3.05) is 0 Å². The fourth-order valence-electron chi connectivity index (χ4n) is 1.99. The standard InChI is InChI=1S/C15H12ClF3O/c1-8-2-5-12(18)14(15(8)19)13(20)7-9-6-10(17)3-4-11(9)16/h2-6,13,20H,7H2,1H3. The third-order valence-electron chi connectivity index (χ3n) is 3.07. The summed E-state index contributed by atoms with van der Waals surface area (Å²) in [5.41, 5.74) is 0.0931. The third-order valence-corrected chi connectivity index (χ3v) is 3.44. The molecule has 0 radical (unpaired) electrons. The molecule has 0 heterocycles. The Morgan fingerprint density at radius 2 is 1.85 bits per heavy atom. The van der Waals surface area contributed by atoms with Crippen LogP contribution in [0.1, 0.15) is 22.8 Å². The molecule has 0 aliphatic heterocycles. The van der Waals surface area contributed by atoms with Crippen LogP contribution in [0.5, 0.6) is 0 Å². The van der Waals surface area contributed by atoms with Gasteiger partial charge in [0, 0.05) is 11.4 Å². The van der Waals surface area contributed by atoms with Crippen LogP contribution < -0.4 is 0 Å². The molecule has 1 nitrogen and oxygen atoms in total. The van der Waals surface area contributed by atoms with Gasteiger partial charge in [-0.05, 0) is 42.3 Å². The van der Waals surface area contributed by atoms with Crippen LogP contribution in [0.25, 0.3) is 0 Å². The first kappa shape index (κ1) is 14.9. The zero-order valence-electron chi connectivity index (χ0n) is 10.6. The Bertz CT molecular complexity index is 643. The molecule has 0 spiro atoms. The smallest absolute Gasteiger partial charge is 0.134 e. The van der Waals surface area contributed by atoms with Gasteiger partial charge in [-0.2, -0.15) is 0 Å². The summed E-state index contributed by atoms with van der Waals surface area (Å²) in [7, 11) is 0. The maximum absolute atomic E-state index is 13.9. The van der Waals surface area contributed by atoms with E-state index in [9.17, 15) is 18.3 Å². The van der Waals surface area contributed by atoms with E-state index in [1.165, 1.54) is 25.1 Å². The van der Waals surface area contributed by atoms with Crippen LogP contribution in [0.2, 0.25) is 5.02 Å². The van der Waals surface area contributed by atoms with E-state index in [2.05, 4.69) is 0 Å². The Labute approximate surface area is 119 Å². The van der Waals surface area contributed by atoms with E-state index in [0.717, 1.165) is 12.1 Å². The monoisotopic (exact) mass is 300 g/mol. The summed E-state index contributed by atoms with van der Waals surface area (Å²) >= 11 is 5.87. The van der Waals surface area contributed by atoms with Crippen LogP contribution in [-0.2, 0) is 6.42 Å². The van der Waals surface area contributed by atoms with Gasteiger partial charge in [0.1, 0.15) is 17.5 Å². The average molecular weight is 301 g/mol. The molecule has 0 saturated heterocycles. The van der Waals surface area contributed by atoms with Crippen molar-refractivity contribution < 1.29 is 18.3 Å². The number of aryl methyl sites for hydroxylation is 1. The van der Waals surface area contributed by atoms with Crippen molar-refractivity contribution in [3.63, 3.8) is 0 Å². The lowest BCUT2D eigenvalue weighted by Gasteiger charge is -2.15. The van der Waals surface area contributed by atoms with E-state index in [0.29, 0.717) is 5.56 Å². The molecule has 0 saturated carbocycles. The van der Waals surface area contributed by atoms with Crippen molar-refractivity contribution in [1.82, 2.24) is 0 Å². The molecule has 2 aromatic rings. The minimum atomic E-state index is -1.44. The number of hydrogen-bond acceptors (Lipinski definition) is 1. The zero-order chi connectivity index (χ0) is 14.9. The minimum absolute atomic E-state index is 0.173. The zero-order valence-corrected chi connectivity index (χ0v) is 11.4. The van der Waals surface area contributed by atoms with Gasteiger partial charge in [0.25, 0.3) is 0 Å².